The van der Waals surface area contributed by atoms with Crippen LogP contribution in [0.5, 0.6) is 5.75 Å². The van der Waals surface area contributed by atoms with Gasteiger partial charge in [-0.15, -0.1) is 0 Å². The molecule has 1 aromatic heterocycles. The highest BCUT2D eigenvalue weighted by atomic mass is 32.2. The van der Waals surface area contributed by atoms with Gasteiger partial charge in [0.25, 0.3) is 5.91 Å². The first kappa shape index (κ1) is 23.4. The number of aliphatic imine (C=N–C) groups is 1. The predicted octanol–water partition coefficient (Wildman–Crippen LogP) is 4.15. The van der Waals surface area contributed by atoms with Gasteiger partial charge in [0.1, 0.15) is 17.3 Å². The Labute approximate surface area is 193 Å². The zero-order chi connectivity index (χ0) is 23.6. The van der Waals surface area contributed by atoms with Gasteiger partial charge in [-0.05, 0) is 49.6 Å². The number of nitrogens with two attached hydrogens (primary N) is 1. The average molecular weight is 481 g/mol. The molecule has 1 saturated carbocycles. The zero-order valence-electron chi connectivity index (χ0n) is 17.8. The van der Waals surface area contributed by atoms with Gasteiger partial charge in [-0.25, -0.2) is 9.37 Å². The van der Waals surface area contributed by atoms with Crippen molar-refractivity contribution in [2.75, 3.05) is 18.2 Å². The number of anilines is 1. The van der Waals surface area contributed by atoms with Crippen LogP contribution in [-0.4, -0.2) is 41.6 Å². The van der Waals surface area contributed by atoms with Crippen LogP contribution in [0.2, 0.25) is 0 Å². The lowest BCUT2D eigenvalue weighted by atomic mass is 9.68. The molecule has 4 rings (SSSR count). The number of nitrogens with zero attached hydrogens (tertiary/aromatic N) is 2. The molecule has 2 aliphatic rings. The third-order valence-electron chi connectivity index (χ3n) is 6.03. The second-order valence-electron chi connectivity index (χ2n) is 7.92. The molecule has 0 saturated heterocycles. The Bertz CT molecular complexity index is 1050. The number of amidine groups is 1. The molecule has 1 aliphatic heterocycles. The van der Waals surface area contributed by atoms with Crippen molar-refractivity contribution in [1.29, 1.82) is 0 Å². The first-order chi connectivity index (χ1) is 15.8. The summed E-state index contributed by atoms with van der Waals surface area (Å²) in [6, 6.07) is 6.80. The molecule has 33 heavy (non-hydrogen) atoms. The van der Waals surface area contributed by atoms with E-state index in [4.69, 9.17) is 15.5 Å². The minimum Gasteiger partial charge on any atom is -0.433 e. The SMILES string of the molecule is COC1CCC2(c3cc(NC(=O)c4ccc(OC(F)F)cn4)ccc3F)N=C(N)SCC2C1. The minimum atomic E-state index is -2.99. The van der Waals surface area contributed by atoms with Gasteiger partial charge in [-0.3, -0.25) is 9.79 Å². The zero-order valence-corrected chi connectivity index (χ0v) is 18.6. The molecule has 0 spiro atoms. The fourth-order valence-corrected chi connectivity index (χ4v) is 5.44. The number of thioether (sulfide) groups is 1. The van der Waals surface area contributed by atoms with Gasteiger partial charge < -0.3 is 20.5 Å². The van der Waals surface area contributed by atoms with Gasteiger partial charge in [0.15, 0.2) is 5.17 Å². The Morgan fingerprint density at radius 1 is 1.33 bits per heavy atom. The van der Waals surface area contributed by atoms with Gasteiger partial charge in [-0.1, -0.05) is 11.8 Å². The van der Waals surface area contributed by atoms with Gasteiger partial charge in [0, 0.05) is 30.0 Å². The third kappa shape index (κ3) is 4.93. The second kappa shape index (κ2) is 9.60. The van der Waals surface area contributed by atoms with E-state index < -0.39 is 23.9 Å². The smallest absolute Gasteiger partial charge is 0.387 e. The number of methoxy groups -OCH3 is 1. The summed E-state index contributed by atoms with van der Waals surface area (Å²) in [6.07, 6.45) is 3.12. The lowest BCUT2D eigenvalue weighted by molar-refractivity contribution is -0.0500. The number of amides is 1. The topological polar surface area (TPSA) is 98.8 Å². The quantitative estimate of drug-likeness (QED) is 0.645. The van der Waals surface area contributed by atoms with E-state index in [1.54, 1.807) is 13.2 Å². The second-order valence-corrected chi connectivity index (χ2v) is 8.96. The van der Waals surface area contributed by atoms with Gasteiger partial charge in [-0.2, -0.15) is 8.78 Å². The summed E-state index contributed by atoms with van der Waals surface area (Å²) < 4.78 is 49.4. The summed E-state index contributed by atoms with van der Waals surface area (Å²) in [4.78, 5) is 21.2. The largest absolute Gasteiger partial charge is 0.433 e. The number of aromatic nitrogens is 1. The van der Waals surface area contributed by atoms with E-state index >= 15 is 4.39 Å². The number of benzene rings is 1. The number of rotatable bonds is 6. The Morgan fingerprint density at radius 2 is 2.15 bits per heavy atom. The van der Waals surface area contributed by atoms with E-state index in [9.17, 15) is 13.6 Å². The molecule has 2 heterocycles. The summed E-state index contributed by atoms with van der Waals surface area (Å²) in [5, 5.41) is 3.09. The van der Waals surface area contributed by atoms with Gasteiger partial charge in [0.05, 0.1) is 17.8 Å². The molecule has 176 valence electrons. The maximum absolute atomic E-state index is 15.1. The standard InChI is InChI=1S/C22H23F3N4O3S/c1-31-14-6-7-22(12(8-14)11-33-21(26)29-22)16-9-13(2-4-17(16)23)28-19(30)18-5-3-15(10-27-18)32-20(24)25/h2-5,9-10,12,14,20H,6-8,11H2,1H3,(H2,26,29)(H,28,30). The molecule has 2 aromatic rings. The van der Waals surface area contributed by atoms with Crippen LogP contribution in [0.4, 0.5) is 18.9 Å². The van der Waals surface area contributed by atoms with Crippen molar-refractivity contribution in [2.24, 2.45) is 16.6 Å². The number of carbonyl (C=O) groups excluding carboxylic acids is 1. The van der Waals surface area contributed by atoms with Crippen LogP contribution >= 0.6 is 11.8 Å². The van der Waals surface area contributed by atoms with Gasteiger partial charge >= 0.3 is 6.61 Å². The maximum atomic E-state index is 15.1. The summed E-state index contributed by atoms with van der Waals surface area (Å²) in [6.45, 7) is -2.99. The molecule has 1 amide bonds. The van der Waals surface area contributed by atoms with Crippen LogP contribution in [0.1, 0.15) is 35.3 Å². The minimum absolute atomic E-state index is 0.00420. The first-order valence-corrected chi connectivity index (χ1v) is 11.3. The van der Waals surface area contributed by atoms with E-state index in [0.29, 0.717) is 35.0 Å². The molecular formula is C22H23F3N4O3S. The van der Waals surface area contributed by atoms with Crippen molar-refractivity contribution in [1.82, 2.24) is 4.98 Å². The number of carbonyl (C=O) groups is 1. The Balaban J connectivity index is 1.60. The molecule has 7 nitrogen and oxygen atoms in total. The van der Waals surface area contributed by atoms with E-state index in [2.05, 4.69) is 15.0 Å². The molecule has 3 unspecified atom stereocenters. The van der Waals surface area contributed by atoms with Crippen molar-refractivity contribution in [3.63, 3.8) is 0 Å². The Morgan fingerprint density at radius 3 is 2.85 bits per heavy atom. The van der Waals surface area contributed by atoms with E-state index in [1.165, 1.54) is 36.0 Å². The number of halogens is 3. The first-order valence-electron chi connectivity index (χ1n) is 10.3. The Hall–Kier alpha value is -2.79. The predicted molar refractivity (Wildman–Crippen MR) is 119 cm³/mol. The van der Waals surface area contributed by atoms with Crippen molar-refractivity contribution in [3.8, 4) is 5.75 Å². The molecule has 1 aliphatic carbocycles. The van der Waals surface area contributed by atoms with Crippen molar-refractivity contribution in [2.45, 2.75) is 37.5 Å². The average Bonchev–Trinajstić information content (AvgIpc) is 2.79. The van der Waals surface area contributed by atoms with Crippen LogP contribution in [0, 0.1) is 11.7 Å². The molecule has 0 radical (unpaired) electrons. The molecule has 3 N–H and O–H groups in total. The number of alkyl halides is 2. The molecule has 3 atom stereocenters. The number of fused-ring (bicyclic) bond motifs is 1. The van der Waals surface area contributed by atoms with Crippen LogP contribution in [0.25, 0.3) is 0 Å². The molecule has 1 fully saturated rings. The molecular weight excluding hydrogens is 457 g/mol. The van der Waals surface area contributed by atoms with Crippen LogP contribution < -0.4 is 15.8 Å². The molecule has 11 heteroatoms. The van der Waals surface area contributed by atoms with Crippen molar-refractivity contribution >= 4 is 28.5 Å². The fraction of sp³-hybridized carbons (Fsp3) is 0.409. The summed E-state index contributed by atoms with van der Waals surface area (Å²) >= 11 is 1.45. The monoisotopic (exact) mass is 480 g/mol. The number of nitrogens with one attached hydrogen (secondary N) is 1. The highest BCUT2D eigenvalue weighted by Gasteiger charge is 2.48. The summed E-state index contributed by atoms with van der Waals surface area (Å²) in [7, 11) is 1.67. The van der Waals surface area contributed by atoms with Crippen molar-refractivity contribution in [3.05, 3.63) is 53.6 Å². The number of ether oxygens (including phenoxy) is 2. The summed E-state index contributed by atoms with van der Waals surface area (Å²) in [5.74, 6) is -0.437. The highest BCUT2D eigenvalue weighted by Crippen LogP contribution is 2.50. The van der Waals surface area contributed by atoms with Crippen LogP contribution in [0.3, 0.4) is 0 Å². The number of hydrogen-bond acceptors (Lipinski definition) is 7. The maximum Gasteiger partial charge on any atom is 0.387 e. The molecule has 0 bridgehead atoms. The lowest BCUT2D eigenvalue weighted by Gasteiger charge is -2.46. The van der Waals surface area contributed by atoms with E-state index in [0.717, 1.165) is 12.6 Å². The summed E-state index contributed by atoms with van der Waals surface area (Å²) in [5.41, 5.74) is 5.94. The lowest BCUT2D eigenvalue weighted by Crippen LogP contribution is -2.46. The third-order valence-corrected chi connectivity index (χ3v) is 6.99. The van der Waals surface area contributed by atoms with Crippen molar-refractivity contribution < 1.29 is 27.4 Å². The number of hydrogen-bond donors (Lipinski definition) is 2. The fourth-order valence-electron chi connectivity index (χ4n) is 4.43. The highest BCUT2D eigenvalue weighted by molar-refractivity contribution is 8.13. The Kier molecular flexibility index (Phi) is 6.80. The van der Waals surface area contributed by atoms with Gasteiger partial charge in [0.2, 0.25) is 0 Å². The normalized spacial score (nSPS) is 24.7. The molecule has 1 aromatic carbocycles. The van der Waals surface area contributed by atoms with Crippen LogP contribution in [0.15, 0.2) is 41.5 Å². The van der Waals surface area contributed by atoms with E-state index in [1.807, 2.05) is 0 Å². The number of pyridine rings is 1. The van der Waals surface area contributed by atoms with Crippen LogP contribution in [-0.2, 0) is 10.3 Å². The van der Waals surface area contributed by atoms with E-state index in [-0.39, 0.29) is 23.5 Å².